The first-order valence-corrected chi connectivity index (χ1v) is 5.64. The Morgan fingerprint density at radius 3 is 2.79 bits per heavy atom. The molecule has 2 saturated carbocycles. The van der Waals surface area contributed by atoms with E-state index in [0.29, 0.717) is 5.92 Å². The molecule has 0 aliphatic heterocycles. The summed E-state index contributed by atoms with van der Waals surface area (Å²) in [5.41, 5.74) is -0.0867. The van der Waals surface area contributed by atoms with Crippen LogP contribution < -0.4 is 5.32 Å². The molecule has 78 valence electrons. The molecular weight excluding hydrogens is 174 g/mol. The lowest BCUT2D eigenvalue weighted by molar-refractivity contribution is -0.126. The molecule has 0 heterocycles. The van der Waals surface area contributed by atoms with Gasteiger partial charge in [-0.15, -0.1) is 6.58 Å². The molecule has 0 aromatic rings. The van der Waals surface area contributed by atoms with Crippen molar-refractivity contribution >= 4 is 5.91 Å². The highest BCUT2D eigenvalue weighted by atomic mass is 16.2. The van der Waals surface area contributed by atoms with Crippen LogP contribution in [0.25, 0.3) is 0 Å². The average Bonchev–Trinajstić information content (AvgIpc) is 3.08. The SMILES string of the molecule is C=CC1CC1(CC)C(=O)NCC1CC1. The first-order chi connectivity index (χ1) is 6.73. The maximum absolute atomic E-state index is 11.9. The van der Waals surface area contributed by atoms with Crippen LogP contribution in [0.3, 0.4) is 0 Å². The van der Waals surface area contributed by atoms with Crippen LogP contribution in [-0.4, -0.2) is 12.5 Å². The standard InChI is InChI=1S/C12H19NO/c1-3-10-7-12(10,4-2)11(14)13-8-9-5-6-9/h3,9-10H,1,4-8H2,2H3,(H,13,14). The van der Waals surface area contributed by atoms with Crippen LogP contribution in [0, 0.1) is 17.3 Å². The third kappa shape index (κ3) is 1.58. The summed E-state index contributed by atoms with van der Waals surface area (Å²) in [6, 6.07) is 0. The van der Waals surface area contributed by atoms with E-state index < -0.39 is 0 Å². The van der Waals surface area contributed by atoms with Crippen molar-refractivity contribution in [2.75, 3.05) is 6.54 Å². The van der Waals surface area contributed by atoms with E-state index in [1.807, 2.05) is 6.08 Å². The number of nitrogens with one attached hydrogen (secondary N) is 1. The highest BCUT2D eigenvalue weighted by molar-refractivity contribution is 5.86. The lowest BCUT2D eigenvalue weighted by Gasteiger charge is -2.13. The van der Waals surface area contributed by atoms with Gasteiger partial charge in [0.25, 0.3) is 0 Å². The topological polar surface area (TPSA) is 29.1 Å². The summed E-state index contributed by atoms with van der Waals surface area (Å²) in [5, 5.41) is 3.08. The number of hydrogen-bond acceptors (Lipinski definition) is 1. The zero-order valence-electron chi connectivity index (χ0n) is 8.88. The minimum Gasteiger partial charge on any atom is -0.355 e. The molecule has 2 nitrogen and oxygen atoms in total. The van der Waals surface area contributed by atoms with Gasteiger partial charge in [0.1, 0.15) is 0 Å². The Morgan fingerprint density at radius 2 is 2.36 bits per heavy atom. The summed E-state index contributed by atoms with van der Waals surface area (Å²) in [5.74, 6) is 1.46. The Kier molecular flexibility index (Phi) is 2.38. The fourth-order valence-corrected chi connectivity index (χ4v) is 2.21. The van der Waals surface area contributed by atoms with Gasteiger partial charge in [0.15, 0.2) is 0 Å². The summed E-state index contributed by atoms with van der Waals surface area (Å²) in [6.45, 7) is 6.77. The molecule has 1 amide bonds. The monoisotopic (exact) mass is 193 g/mol. The van der Waals surface area contributed by atoms with Gasteiger partial charge >= 0.3 is 0 Å². The minimum atomic E-state index is -0.0867. The van der Waals surface area contributed by atoms with Crippen LogP contribution in [0.4, 0.5) is 0 Å². The Labute approximate surface area is 85.8 Å². The maximum atomic E-state index is 11.9. The molecule has 2 aliphatic rings. The highest BCUT2D eigenvalue weighted by Crippen LogP contribution is 2.56. The Bertz CT molecular complexity index is 257. The predicted octanol–water partition coefficient (Wildman–Crippen LogP) is 2.11. The van der Waals surface area contributed by atoms with Crippen LogP contribution in [0.5, 0.6) is 0 Å². The Hall–Kier alpha value is -0.790. The number of carbonyl (C=O) groups is 1. The fraction of sp³-hybridized carbons (Fsp3) is 0.750. The molecule has 0 saturated heterocycles. The van der Waals surface area contributed by atoms with E-state index in [9.17, 15) is 4.79 Å². The lowest BCUT2D eigenvalue weighted by atomic mass is 9.99. The molecule has 2 atom stereocenters. The second kappa shape index (κ2) is 3.41. The molecule has 2 aliphatic carbocycles. The second-order valence-electron chi connectivity index (χ2n) is 4.71. The highest BCUT2D eigenvalue weighted by Gasteiger charge is 2.56. The number of hydrogen-bond donors (Lipinski definition) is 1. The number of carbonyl (C=O) groups excluding carboxylic acids is 1. The van der Waals surface area contributed by atoms with Gasteiger partial charge < -0.3 is 5.32 Å². The second-order valence-corrected chi connectivity index (χ2v) is 4.71. The van der Waals surface area contributed by atoms with Crippen LogP contribution in [0.15, 0.2) is 12.7 Å². The van der Waals surface area contributed by atoms with E-state index in [4.69, 9.17) is 0 Å². The zero-order valence-corrected chi connectivity index (χ0v) is 8.88. The van der Waals surface area contributed by atoms with Crippen molar-refractivity contribution in [3.8, 4) is 0 Å². The Morgan fingerprint density at radius 1 is 1.64 bits per heavy atom. The van der Waals surface area contributed by atoms with Crippen LogP contribution in [0.1, 0.15) is 32.6 Å². The molecule has 1 N–H and O–H groups in total. The normalized spacial score (nSPS) is 35.1. The summed E-state index contributed by atoms with van der Waals surface area (Å²) in [6.07, 6.45) is 6.47. The van der Waals surface area contributed by atoms with Crippen molar-refractivity contribution in [2.24, 2.45) is 17.3 Å². The molecule has 14 heavy (non-hydrogen) atoms. The van der Waals surface area contributed by atoms with E-state index in [1.165, 1.54) is 12.8 Å². The van der Waals surface area contributed by atoms with Crippen LogP contribution in [0.2, 0.25) is 0 Å². The van der Waals surface area contributed by atoms with E-state index >= 15 is 0 Å². The smallest absolute Gasteiger partial charge is 0.226 e. The Balaban J connectivity index is 1.85. The molecule has 2 unspecified atom stereocenters. The number of amides is 1. The van der Waals surface area contributed by atoms with Gasteiger partial charge in [-0.1, -0.05) is 13.0 Å². The van der Waals surface area contributed by atoms with Crippen molar-refractivity contribution < 1.29 is 4.79 Å². The van der Waals surface area contributed by atoms with Crippen molar-refractivity contribution in [1.82, 2.24) is 5.32 Å². The largest absolute Gasteiger partial charge is 0.355 e. The van der Waals surface area contributed by atoms with Gasteiger partial charge in [-0.25, -0.2) is 0 Å². The quantitative estimate of drug-likeness (QED) is 0.666. The first kappa shape index (κ1) is 9.75. The molecule has 0 aromatic heterocycles. The van der Waals surface area contributed by atoms with E-state index in [-0.39, 0.29) is 11.3 Å². The van der Waals surface area contributed by atoms with E-state index in [0.717, 1.165) is 25.3 Å². The molecule has 0 bridgehead atoms. The third-order valence-electron chi connectivity index (χ3n) is 3.75. The van der Waals surface area contributed by atoms with Gasteiger partial charge in [0.05, 0.1) is 5.41 Å². The zero-order chi connectivity index (χ0) is 10.2. The van der Waals surface area contributed by atoms with Gasteiger partial charge in [0.2, 0.25) is 5.91 Å². The molecule has 0 aromatic carbocycles. The van der Waals surface area contributed by atoms with Crippen molar-refractivity contribution in [1.29, 1.82) is 0 Å². The number of rotatable bonds is 5. The molecule has 0 spiro atoms. The lowest BCUT2D eigenvalue weighted by Crippen LogP contribution is -2.34. The van der Waals surface area contributed by atoms with Gasteiger partial charge in [-0.2, -0.15) is 0 Å². The summed E-state index contributed by atoms with van der Waals surface area (Å²) >= 11 is 0. The summed E-state index contributed by atoms with van der Waals surface area (Å²) in [4.78, 5) is 11.9. The first-order valence-electron chi connectivity index (χ1n) is 5.64. The molecular formula is C12H19NO. The number of allylic oxidation sites excluding steroid dienone is 1. The molecule has 2 heteroatoms. The fourth-order valence-electron chi connectivity index (χ4n) is 2.21. The van der Waals surface area contributed by atoms with E-state index in [2.05, 4.69) is 18.8 Å². The van der Waals surface area contributed by atoms with Gasteiger partial charge in [-0.3, -0.25) is 4.79 Å². The summed E-state index contributed by atoms with van der Waals surface area (Å²) in [7, 11) is 0. The molecule has 0 radical (unpaired) electrons. The minimum absolute atomic E-state index is 0.0867. The van der Waals surface area contributed by atoms with E-state index in [1.54, 1.807) is 0 Å². The predicted molar refractivity (Wildman–Crippen MR) is 56.8 cm³/mol. The van der Waals surface area contributed by atoms with Crippen LogP contribution in [-0.2, 0) is 4.79 Å². The maximum Gasteiger partial charge on any atom is 0.226 e. The third-order valence-corrected chi connectivity index (χ3v) is 3.75. The van der Waals surface area contributed by atoms with Crippen LogP contribution >= 0.6 is 0 Å². The average molecular weight is 193 g/mol. The van der Waals surface area contributed by atoms with Crippen molar-refractivity contribution in [3.05, 3.63) is 12.7 Å². The summed E-state index contributed by atoms with van der Waals surface area (Å²) < 4.78 is 0. The molecule has 2 rings (SSSR count). The van der Waals surface area contributed by atoms with Gasteiger partial charge in [0, 0.05) is 6.54 Å². The van der Waals surface area contributed by atoms with Crippen molar-refractivity contribution in [3.63, 3.8) is 0 Å². The van der Waals surface area contributed by atoms with Crippen molar-refractivity contribution in [2.45, 2.75) is 32.6 Å². The van der Waals surface area contributed by atoms with Gasteiger partial charge in [-0.05, 0) is 37.5 Å². The molecule has 2 fully saturated rings.